The van der Waals surface area contributed by atoms with E-state index in [1.807, 2.05) is 62.2 Å². The summed E-state index contributed by atoms with van der Waals surface area (Å²) in [6.07, 6.45) is -1.08. The van der Waals surface area contributed by atoms with Crippen LogP contribution < -0.4 is 5.32 Å². The minimum Gasteiger partial charge on any atom is -0.340 e. The first kappa shape index (κ1) is 29.5. The molecule has 0 spiro atoms. The van der Waals surface area contributed by atoms with E-state index in [4.69, 9.17) is 0 Å². The molecule has 1 aliphatic heterocycles. The molecule has 3 N–H and O–H groups in total. The van der Waals surface area contributed by atoms with Gasteiger partial charge in [-0.05, 0) is 64.0 Å². The Morgan fingerprint density at radius 3 is 2.17 bits per heavy atom. The van der Waals surface area contributed by atoms with E-state index in [1.54, 1.807) is 37.3 Å². The molecule has 0 unspecified atom stereocenters. The topological polar surface area (TPSA) is 92.9 Å². The second kappa shape index (κ2) is 11.7. The lowest BCUT2D eigenvalue weighted by Crippen LogP contribution is -2.42. The summed E-state index contributed by atoms with van der Waals surface area (Å²) >= 11 is 0. The summed E-state index contributed by atoms with van der Waals surface area (Å²) in [5.41, 5.74) is 3.08. The van der Waals surface area contributed by atoms with E-state index in [2.05, 4.69) is 25.3 Å². The smallest absolute Gasteiger partial charge is 0.340 e. The van der Waals surface area contributed by atoms with E-state index < -0.39 is 11.9 Å². The molecule has 5 rings (SSSR count). The van der Waals surface area contributed by atoms with Crippen molar-refractivity contribution in [3.05, 3.63) is 72.1 Å². The minimum atomic E-state index is -4.54. The number of H-pyrrole nitrogens is 2. The molecule has 42 heavy (non-hydrogen) atoms. The average Bonchev–Trinajstić information content (AvgIpc) is 3.75. The molecule has 0 bridgehead atoms. The van der Waals surface area contributed by atoms with Gasteiger partial charge in [0.1, 0.15) is 23.0 Å². The molecule has 1 amide bonds. The SMILES string of the molecule is CN[C@@H](C)C(=O)N(C)[C@@H](C)c1ncc(-c2ccc(-c3ccc(-c4nc([C@@H]5CCCN5C)[nH]c4C(F)(F)F)cc3)cc2)[nH]1. The van der Waals surface area contributed by atoms with Crippen LogP contribution in [0.2, 0.25) is 0 Å². The standard InChI is InChI=1S/C31H36F3N7O/c1-18(35-3)30(42)41(5)19(2)28-36-17-24(37-28)22-12-8-20(9-13-22)21-10-14-23(15-11-21)26-27(31(32,33)34)39-29(38-26)25-7-6-16-40(25)4/h8-15,17-19,25,35H,6-7,16H2,1-5H3,(H,36,37)(H,38,39)/t18-,19-,25-/m0/s1. The molecule has 2 aromatic carbocycles. The maximum absolute atomic E-state index is 13.9. The third-order valence-corrected chi connectivity index (χ3v) is 8.25. The van der Waals surface area contributed by atoms with Crippen molar-refractivity contribution in [2.45, 2.75) is 51.0 Å². The van der Waals surface area contributed by atoms with Crippen molar-refractivity contribution < 1.29 is 18.0 Å². The lowest BCUT2D eigenvalue weighted by atomic mass is 10.0. The van der Waals surface area contributed by atoms with Crippen LogP contribution >= 0.6 is 0 Å². The number of carbonyl (C=O) groups is 1. The Labute approximate surface area is 243 Å². The summed E-state index contributed by atoms with van der Waals surface area (Å²) in [4.78, 5) is 31.0. The Morgan fingerprint density at radius 1 is 1.02 bits per heavy atom. The van der Waals surface area contributed by atoms with Crippen LogP contribution in [0, 0.1) is 0 Å². The van der Waals surface area contributed by atoms with Gasteiger partial charge in [0.05, 0.1) is 30.0 Å². The maximum atomic E-state index is 13.9. The number of carbonyl (C=O) groups excluding carboxylic acids is 1. The van der Waals surface area contributed by atoms with Crippen molar-refractivity contribution in [2.24, 2.45) is 0 Å². The lowest BCUT2D eigenvalue weighted by molar-refractivity contribution is -0.140. The normalized spacial score (nSPS) is 17.4. The fourth-order valence-electron chi connectivity index (χ4n) is 5.38. The minimum absolute atomic E-state index is 0.0258. The summed E-state index contributed by atoms with van der Waals surface area (Å²) in [5.74, 6) is 1.02. The van der Waals surface area contributed by atoms with Crippen LogP contribution in [0.25, 0.3) is 33.6 Å². The number of hydrogen-bond donors (Lipinski definition) is 3. The quantitative estimate of drug-likeness (QED) is 0.237. The Balaban J connectivity index is 1.33. The molecule has 3 heterocycles. The third kappa shape index (κ3) is 5.84. The first-order valence-electron chi connectivity index (χ1n) is 14.0. The molecule has 222 valence electrons. The first-order chi connectivity index (χ1) is 20.0. The number of aromatic amines is 2. The summed E-state index contributed by atoms with van der Waals surface area (Å²) in [6, 6.07) is 14.2. The summed E-state index contributed by atoms with van der Waals surface area (Å²) in [5, 5.41) is 2.96. The average molecular weight is 580 g/mol. The molecule has 0 radical (unpaired) electrons. The molecule has 3 atom stereocenters. The van der Waals surface area contributed by atoms with Crippen molar-refractivity contribution in [1.82, 2.24) is 35.1 Å². The van der Waals surface area contributed by atoms with Gasteiger partial charge in [0.25, 0.3) is 0 Å². The monoisotopic (exact) mass is 579 g/mol. The number of nitrogens with one attached hydrogen (secondary N) is 3. The van der Waals surface area contributed by atoms with E-state index in [-0.39, 0.29) is 29.7 Å². The van der Waals surface area contributed by atoms with E-state index in [1.165, 1.54) is 0 Å². The zero-order valence-electron chi connectivity index (χ0n) is 24.4. The predicted octanol–water partition coefficient (Wildman–Crippen LogP) is 6.05. The first-order valence-corrected chi connectivity index (χ1v) is 14.0. The molecule has 4 aromatic rings. The van der Waals surface area contributed by atoms with Gasteiger partial charge in [-0.2, -0.15) is 13.2 Å². The number of likely N-dealkylation sites (N-methyl/N-ethyl adjacent to an activating group) is 2. The number of aromatic nitrogens is 4. The van der Waals surface area contributed by atoms with Crippen molar-refractivity contribution in [1.29, 1.82) is 0 Å². The van der Waals surface area contributed by atoms with Gasteiger partial charge in [0, 0.05) is 12.6 Å². The highest BCUT2D eigenvalue weighted by Gasteiger charge is 2.39. The number of benzene rings is 2. The van der Waals surface area contributed by atoms with E-state index in [0.29, 0.717) is 17.2 Å². The molecule has 8 nitrogen and oxygen atoms in total. The van der Waals surface area contributed by atoms with Gasteiger partial charge in [-0.1, -0.05) is 48.5 Å². The molecule has 1 saturated heterocycles. The zero-order valence-corrected chi connectivity index (χ0v) is 24.4. The molecule has 11 heteroatoms. The van der Waals surface area contributed by atoms with Crippen LogP contribution in [0.5, 0.6) is 0 Å². The second-order valence-electron chi connectivity index (χ2n) is 11.0. The maximum Gasteiger partial charge on any atom is 0.433 e. The number of rotatable bonds is 8. The fourth-order valence-corrected chi connectivity index (χ4v) is 5.38. The van der Waals surface area contributed by atoms with Crippen LogP contribution in [-0.4, -0.2) is 69.4 Å². The van der Waals surface area contributed by atoms with Crippen LogP contribution in [0.4, 0.5) is 13.2 Å². The second-order valence-corrected chi connectivity index (χ2v) is 11.0. The van der Waals surface area contributed by atoms with Crippen molar-refractivity contribution in [2.75, 3.05) is 27.7 Å². The van der Waals surface area contributed by atoms with Crippen molar-refractivity contribution >= 4 is 5.91 Å². The van der Waals surface area contributed by atoms with Crippen LogP contribution in [0.15, 0.2) is 54.7 Å². The number of halogens is 3. The highest BCUT2D eigenvalue weighted by atomic mass is 19.4. The van der Waals surface area contributed by atoms with Crippen LogP contribution in [-0.2, 0) is 11.0 Å². The van der Waals surface area contributed by atoms with Crippen molar-refractivity contribution in [3.8, 4) is 33.6 Å². The summed E-state index contributed by atoms with van der Waals surface area (Å²) in [6.45, 7) is 4.58. The summed E-state index contributed by atoms with van der Waals surface area (Å²) < 4.78 is 41.7. The summed E-state index contributed by atoms with van der Waals surface area (Å²) in [7, 11) is 5.41. The van der Waals surface area contributed by atoms with Gasteiger partial charge in [0.15, 0.2) is 0 Å². The van der Waals surface area contributed by atoms with Gasteiger partial charge in [-0.25, -0.2) is 9.97 Å². The highest BCUT2D eigenvalue weighted by Crippen LogP contribution is 2.39. The Morgan fingerprint density at radius 2 is 1.62 bits per heavy atom. The van der Waals surface area contributed by atoms with E-state index in [0.717, 1.165) is 41.8 Å². The van der Waals surface area contributed by atoms with Crippen LogP contribution in [0.1, 0.15) is 56.1 Å². The number of amides is 1. The number of alkyl halides is 3. The van der Waals surface area contributed by atoms with Gasteiger partial charge >= 0.3 is 6.18 Å². The largest absolute Gasteiger partial charge is 0.433 e. The molecular formula is C31H36F3N7O. The Hall–Kier alpha value is -3.96. The number of hydrogen-bond acceptors (Lipinski definition) is 5. The molecule has 1 fully saturated rings. The predicted molar refractivity (Wildman–Crippen MR) is 156 cm³/mol. The number of imidazole rings is 2. The van der Waals surface area contributed by atoms with Crippen LogP contribution in [0.3, 0.4) is 0 Å². The van der Waals surface area contributed by atoms with Crippen molar-refractivity contribution in [3.63, 3.8) is 0 Å². The molecule has 2 aromatic heterocycles. The Bertz CT molecular complexity index is 1530. The van der Waals surface area contributed by atoms with Gasteiger partial charge in [-0.15, -0.1) is 0 Å². The zero-order chi connectivity index (χ0) is 30.2. The Kier molecular flexibility index (Phi) is 8.25. The lowest BCUT2D eigenvalue weighted by Gasteiger charge is -2.26. The van der Waals surface area contributed by atoms with Gasteiger partial charge in [-0.3, -0.25) is 9.69 Å². The molecule has 0 saturated carbocycles. The highest BCUT2D eigenvalue weighted by molar-refractivity contribution is 5.81. The van der Waals surface area contributed by atoms with E-state index in [9.17, 15) is 18.0 Å². The number of nitrogens with zero attached hydrogens (tertiary/aromatic N) is 4. The third-order valence-electron chi connectivity index (χ3n) is 8.25. The molecule has 0 aliphatic carbocycles. The van der Waals surface area contributed by atoms with Gasteiger partial charge < -0.3 is 20.2 Å². The van der Waals surface area contributed by atoms with E-state index >= 15 is 0 Å². The van der Waals surface area contributed by atoms with Gasteiger partial charge in [0.2, 0.25) is 5.91 Å². The fraction of sp³-hybridized carbons (Fsp3) is 0.387. The number of likely N-dealkylation sites (tertiary alicyclic amines) is 1. The molecule has 1 aliphatic rings. The molecular weight excluding hydrogens is 543 g/mol.